The Hall–Kier alpha value is -2.96. The fourth-order valence-corrected chi connectivity index (χ4v) is 5.32. The highest BCUT2D eigenvalue weighted by Crippen LogP contribution is 2.44. The van der Waals surface area contributed by atoms with Crippen LogP contribution in [0.5, 0.6) is 5.75 Å². The molecule has 3 aromatic rings. The Bertz CT molecular complexity index is 1430. The normalized spacial score (nSPS) is 22.5. The summed E-state index contributed by atoms with van der Waals surface area (Å²) >= 11 is 0. The van der Waals surface area contributed by atoms with Crippen molar-refractivity contribution in [3.8, 4) is 11.7 Å². The van der Waals surface area contributed by atoms with Gasteiger partial charge in [0.05, 0.1) is 55.6 Å². The second kappa shape index (κ2) is 8.29. The molecular formula is C24H30N6O5S. The molecule has 2 saturated heterocycles. The first-order chi connectivity index (χ1) is 17.1. The van der Waals surface area contributed by atoms with Crippen LogP contribution in [-0.4, -0.2) is 85.4 Å². The minimum absolute atomic E-state index is 0.0255. The van der Waals surface area contributed by atoms with E-state index in [4.69, 9.17) is 29.2 Å². The molecule has 0 spiro atoms. The average Bonchev–Trinajstić information content (AvgIpc) is 3.18. The highest BCUT2D eigenvalue weighted by atomic mass is 32.2. The van der Waals surface area contributed by atoms with Crippen LogP contribution in [0.4, 0.5) is 11.8 Å². The number of sulfone groups is 1. The topological polar surface area (TPSA) is 121 Å². The van der Waals surface area contributed by atoms with E-state index in [-0.39, 0.29) is 18.1 Å². The minimum atomic E-state index is -3.55. The number of benzene rings is 1. The van der Waals surface area contributed by atoms with Crippen molar-refractivity contribution in [2.75, 3.05) is 49.5 Å². The molecule has 2 atom stereocenters. The lowest BCUT2D eigenvalue weighted by atomic mass is 10.0. The quantitative estimate of drug-likeness (QED) is 0.540. The van der Waals surface area contributed by atoms with Crippen LogP contribution in [0.1, 0.15) is 26.5 Å². The standard InChI is InChI=1S/C24H30N6O5S/c1-14-9-33-12-16-13-35-19-20(24(2,3)36(4,31)32)27-23(28-21(19)29(14)16)30-18-8-6-5-7-17(18)26-22(30)25-15-10-34-11-15/h5-8,14-16H,9-13H2,1-4H3,(H,25,26)/t14-,16+/m1/s1. The number of aromatic nitrogens is 4. The Morgan fingerprint density at radius 1 is 1.03 bits per heavy atom. The lowest BCUT2D eigenvalue weighted by Gasteiger charge is -2.45. The number of hydrogen-bond donors (Lipinski definition) is 1. The van der Waals surface area contributed by atoms with E-state index in [0.717, 1.165) is 11.0 Å². The fraction of sp³-hybridized carbons (Fsp3) is 0.542. The van der Waals surface area contributed by atoms with Gasteiger partial charge in [0.1, 0.15) is 17.0 Å². The molecule has 2 aromatic heterocycles. The van der Waals surface area contributed by atoms with Crippen LogP contribution in [-0.2, 0) is 24.1 Å². The average molecular weight is 515 g/mol. The molecule has 1 N–H and O–H groups in total. The molecule has 6 rings (SSSR count). The van der Waals surface area contributed by atoms with Gasteiger partial charge < -0.3 is 24.4 Å². The SMILES string of the molecule is C[C@@H]1COC[C@H]2COc3c(nc(-n4c(NC5COC5)nc5ccccc54)nc3C(C)(C)S(C)(=O)=O)N21. The third kappa shape index (κ3) is 3.61. The van der Waals surface area contributed by atoms with Gasteiger partial charge in [-0.2, -0.15) is 4.98 Å². The van der Waals surface area contributed by atoms with Gasteiger partial charge in [0.25, 0.3) is 0 Å². The number of anilines is 2. The molecule has 0 unspecified atom stereocenters. The summed E-state index contributed by atoms with van der Waals surface area (Å²) in [5.74, 6) is 1.90. The van der Waals surface area contributed by atoms with Gasteiger partial charge in [-0.15, -0.1) is 0 Å². The molecule has 192 valence electrons. The molecule has 0 saturated carbocycles. The minimum Gasteiger partial charge on any atom is -0.486 e. The molecular weight excluding hydrogens is 484 g/mol. The molecule has 0 aliphatic carbocycles. The number of nitrogens with zero attached hydrogens (tertiary/aromatic N) is 5. The summed E-state index contributed by atoms with van der Waals surface area (Å²) in [5, 5.41) is 3.43. The van der Waals surface area contributed by atoms with E-state index in [2.05, 4.69) is 17.1 Å². The van der Waals surface area contributed by atoms with Crippen molar-refractivity contribution >= 4 is 32.6 Å². The van der Waals surface area contributed by atoms with Crippen LogP contribution in [0, 0.1) is 0 Å². The van der Waals surface area contributed by atoms with Gasteiger partial charge in [0.15, 0.2) is 21.4 Å². The summed E-state index contributed by atoms with van der Waals surface area (Å²) < 4.78 is 43.7. The van der Waals surface area contributed by atoms with E-state index in [9.17, 15) is 8.42 Å². The number of morpholine rings is 1. The second-order valence-electron chi connectivity index (χ2n) is 10.2. The van der Waals surface area contributed by atoms with Gasteiger partial charge in [-0.1, -0.05) is 12.1 Å². The summed E-state index contributed by atoms with van der Waals surface area (Å²) in [7, 11) is -3.55. The number of nitrogens with one attached hydrogen (secondary N) is 1. The van der Waals surface area contributed by atoms with Crippen LogP contribution in [0.2, 0.25) is 0 Å². The predicted octanol–water partition coefficient (Wildman–Crippen LogP) is 1.89. The second-order valence-corrected chi connectivity index (χ2v) is 12.8. The molecule has 0 bridgehead atoms. The Balaban J connectivity index is 1.62. The number of imidazole rings is 1. The van der Waals surface area contributed by atoms with Crippen LogP contribution < -0.4 is 15.0 Å². The Labute approximate surface area is 209 Å². The maximum Gasteiger partial charge on any atom is 0.239 e. The predicted molar refractivity (Wildman–Crippen MR) is 135 cm³/mol. The van der Waals surface area contributed by atoms with Gasteiger partial charge in [-0.05, 0) is 32.9 Å². The first-order valence-electron chi connectivity index (χ1n) is 12.1. The Kier molecular flexibility index (Phi) is 5.39. The van der Waals surface area contributed by atoms with E-state index in [1.807, 2.05) is 28.8 Å². The number of para-hydroxylation sites is 2. The molecule has 0 radical (unpaired) electrons. The number of hydrogen-bond acceptors (Lipinski definition) is 10. The zero-order valence-corrected chi connectivity index (χ0v) is 21.6. The largest absolute Gasteiger partial charge is 0.486 e. The number of rotatable bonds is 5. The van der Waals surface area contributed by atoms with E-state index in [1.165, 1.54) is 6.26 Å². The Morgan fingerprint density at radius 3 is 2.50 bits per heavy atom. The third-order valence-corrected chi connectivity index (χ3v) is 9.31. The van der Waals surface area contributed by atoms with Crippen molar-refractivity contribution < 1.29 is 22.6 Å². The molecule has 3 aliphatic heterocycles. The highest BCUT2D eigenvalue weighted by Gasteiger charge is 2.44. The molecule has 36 heavy (non-hydrogen) atoms. The van der Waals surface area contributed by atoms with Crippen molar-refractivity contribution in [1.82, 2.24) is 19.5 Å². The van der Waals surface area contributed by atoms with E-state index in [0.29, 0.717) is 62.2 Å². The van der Waals surface area contributed by atoms with Crippen molar-refractivity contribution in [2.24, 2.45) is 0 Å². The monoisotopic (exact) mass is 514 g/mol. The first kappa shape index (κ1) is 23.4. The van der Waals surface area contributed by atoms with Crippen LogP contribution in [0.25, 0.3) is 17.0 Å². The lowest BCUT2D eigenvalue weighted by molar-refractivity contribution is 0.0207. The van der Waals surface area contributed by atoms with Gasteiger partial charge in [0, 0.05) is 6.26 Å². The molecule has 1 aromatic carbocycles. The van der Waals surface area contributed by atoms with Gasteiger partial charge >= 0.3 is 0 Å². The maximum absolute atomic E-state index is 13.0. The zero-order chi connectivity index (χ0) is 25.2. The molecule has 3 aliphatic rings. The summed E-state index contributed by atoms with van der Waals surface area (Å²) in [5.41, 5.74) is 1.92. The summed E-state index contributed by atoms with van der Waals surface area (Å²) in [6.45, 7) is 7.98. The van der Waals surface area contributed by atoms with Crippen molar-refractivity contribution in [2.45, 2.75) is 43.6 Å². The number of fused-ring (bicyclic) bond motifs is 4. The van der Waals surface area contributed by atoms with Crippen LogP contribution in [0.3, 0.4) is 0 Å². The van der Waals surface area contributed by atoms with Crippen molar-refractivity contribution in [3.05, 3.63) is 30.0 Å². The van der Waals surface area contributed by atoms with Crippen molar-refractivity contribution in [1.29, 1.82) is 0 Å². The van der Waals surface area contributed by atoms with Gasteiger partial charge in [0.2, 0.25) is 11.9 Å². The van der Waals surface area contributed by atoms with E-state index in [1.54, 1.807) is 13.8 Å². The summed E-state index contributed by atoms with van der Waals surface area (Å²) in [6.07, 6.45) is 1.22. The van der Waals surface area contributed by atoms with Crippen LogP contribution in [0.15, 0.2) is 24.3 Å². The third-order valence-electron chi connectivity index (χ3n) is 7.27. The zero-order valence-electron chi connectivity index (χ0n) is 20.8. The van der Waals surface area contributed by atoms with Gasteiger partial charge in [-0.25, -0.2) is 23.0 Å². The smallest absolute Gasteiger partial charge is 0.239 e. The molecule has 12 heteroatoms. The Morgan fingerprint density at radius 2 is 1.78 bits per heavy atom. The number of ether oxygens (including phenoxy) is 3. The molecule has 2 fully saturated rings. The first-order valence-corrected chi connectivity index (χ1v) is 14.0. The fourth-order valence-electron chi connectivity index (χ4n) is 4.83. The lowest BCUT2D eigenvalue weighted by Crippen LogP contribution is -2.56. The van der Waals surface area contributed by atoms with Crippen molar-refractivity contribution in [3.63, 3.8) is 0 Å². The van der Waals surface area contributed by atoms with E-state index >= 15 is 0 Å². The molecule has 5 heterocycles. The molecule has 0 amide bonds. The molecule has 11 nitrogen and oxygen atoms in total. The summed E-state index contributed by atoms with van der Waals surface area (Å²) in [4.78, 5) is 16.8. The maximum atomic E-state index is 13.0. The van der Waals surface area contributed by atoms with Crippen LogP contribution >= 0.6 is 0 Å². The summed E-state index contributed by atoms with van der Waals surface area (Å²) in [6, 6.07) is 7.87. The van der Waals surface area contributed by atoms with E-state index < -0.39 is 14.6 Å². The van der Waals surface area contributed by atoms with Gasteiger partial charge in [-0.3, -0.25) is 0 Å². The highest BCUT2D eigenvalue weighted by molar-refractivity contribution is 7.91.